The normalized spacial score (nSPS) is 10.9. The first-order chi connectivity index (χ1) is 9.24. The van der Waals surface area contributed by atoms with Crippen molar-refractivity contribution in [1.82, 2.24) is 9.97 Å². The van der Waals surface area contributed by atoms with Crippen molar-refractivity contribution in [2.24, 2.45) is 0 Å². The largest absolute Gasteiger partial charge is 0.493 e. The molecular formula is C14H11ClN2O2. The summed E-state index contributed by atoms with van der Waals surface area (Å²) < 4.78 is 10.6. The Morgan fingerprint density at radius 1 is 0.947 bits per heavy atom. The number of fused-ring (bicyclic) bond motifs is 3. The lowest BCUT2D eigenvalue weighted by Crippen LogP contribution is -1.92. The minimum atomic E-state index is 0.446. The second-order valence-corrected chi connectivity index (χ2v) is 4.40. The standard InChI is InChI=1S/C14H11ClN2O2/c1-18-12-5-9-8-3-4-16-14(15)10(8)7-17-11(9)6-13(12)19-2/h3-7H,1-2H3. The van der Waals surface area contributed by atoms with Gasteiger partial charge in [0, 0.05) is 29.2 Å². The molecule has 0 unspecified atom stereocenters. The van der Waals surface area contributed by atoms with Crippen molar-refractivity contribution in [2.75, 3.05) is 14.2 Å². The molecule has 3 rings (SSSR count). The van der Waals surface area contributed by atoms with E-state index in [4.69, 9.17) is 21.1 Å². The molecule has 0 N–H and O–H groups in total. The zero-order valence-electron chi connectivity index (χ0n) is 10.5. The third kappa shape index (κ3) is 1.85. The van der Waals surface area contributed by atoms with Crippen molar-refractivity contribution in [3.63, 3.8) is 0 Å². The van der Waals surface area contributed by atoms with Gasteiger partial charge in [0.15, 0.2) is 11.5 Å². The Morgan fingerprint density at radius 3 is 2.42 bits per heavy atom. The van der Waals surface area contributed by atoms with E-state index in [1.165, 1.54) is 0 Å². The summed E-state index contributed by atoms with van der Waals surface area (Å²) in [5.74, 6) is 1.32. The summed E-state index contributed by atoms with van der Waals surface area (Å²) in [6.45, 7) is 0. The maximum Gasteiger partial charge on any atom is 0.162 e. The third-order valence-electron chi connectivity index (χ3n) is 3.07. The smallest absolute Gasteiger partial charge is 0.162 e. The molecule has 0 spiro atoms. The lowest BCUT2D eigenvalue weighted by Gasteiger charge is -2.10. The molecule has 0 aliphatic rings. The van der Waals surface area contributed by atoms with E-state index in [1.54, 1.807) is 26.6 Å². The monoisotopic (exact) mass is 274 g/mol. The molecule has 0 fully saturated rings. The van der Waals surface area contributed by atoms with E-state index in [2.05, 4.69) is 9.97 Å². The van der Waals surface area contributed by atoms with Gasteiger partial charge in [-0.3, -0.25) is 4.98 Å². The van der Waals surface area contributed by atoms with Crippen molar-refractivity contribution in [3.05, 3.63) is 35.7 Å². The molecule has 19 heavy (non-hydrogen) atoms. The average molecular weight is 275 g/mol. The van der Waals surface area contributed by atoms with E-state index >= 15 is 0 Å². The van der Waals surface area contributed by atoms with Gasteiger partial charge in [-0.05, 0) is 17.5 Å². The summed E-state index contributed by atoms with van der Waals surface area (Å²) in [5, 5.41) is 3.22. The second-order valence-electron chi connectivity index (χ2n) is 4.05. The van der Waals surface area contributed by atoms with Gasteiger partial charge >= 0.3 is 0 Å². The number of halogens is 1. The van der Waals surface area contributed by atoms with Crippen LogP contribution in [0.3, 0.4) is 0 Å². The Bertz CT molecular complexity index is 774. The van der Waals surface area contributed by atoms with E-state index < -0.39 is 0 Å². The summed E-state index contributed by atoms with van der Waals surface area (Å²) in [4.78, 5) is 8.45. The lowest BCUT2D eigenvalue weighted by molar-refractivity contribution is 0.356. The molecule has 96 valence electrons. The minimum absolute atomic E-state index is 0.446. The number of methoxy groups -OCH3 is 2. The van der Waals surface area contributed by atoms with Crippen LogP contribution in [-0.4, -0.2) is 24.2 Å². The van der Waals surface area contributed by atoms with Gasteiger partial charge in [-0.15, -0.1) is 0 Å². The van der Waals surface area contributed by atoms with Crippen LogP contribution in [0.5, 0.6) is 11.5 Å². The minimum Gasteiger partial charge on any atom is -0.493 e. The SMILES string of the molecule is COc1cc2ncc3c(Cl)nccc3c2cc1OC. The van der Waals surface area contributed by atoms with Gasteiger partial charge in [0.1, 0.15) is 5.15 Å². The summed E-state index contributed by atoms with van der Waals surface area (Å²) >= 11 is 6.08. The number of aromatic nitrogens is 2. The zero-order chi connectivity index (χ0) is 13.4. The fourth-order valence-corrected chi connectivity index (χ4v) is 2.34. The van der Waals surface area contributed by atoms with Gasteiger partial charge < -0.3 is 9.47 Å². The Labute approximate surface area is 114 Å². The Morgan fingerprint density at radius 2 is 1.68 bits per heavy atom. The first-order valence-electron chi connectivity index (χ1n) is 5.69. The van der Waals surface area contributed by atoms with Crippen LogP contribution in [0.4, 0.5) is 0 Å². The Hall–Kier alpha value is -2.07. The van der Waals surface area contributed by atoms with Gasteiger partial charge in [0.25, 0.3) is 0 Å². The van der Waals surface area contributed by atoms with Crippen LogP contribution in [-0.2, 0) is 0 Å². The molecule has 2 aromatic heterocycles. The molecule has 2 heterocycles. The van der Waals surface area contributed by atoms with Crippen LogP contribution >= 0.6 is 11.6 Å². The first kappa shape index (κ1) is 12.0. The predicted octanol–water partition coefficient (Wildman–Crippen LogP) is 3.45. The number of benzene rings is 1. The van der Waals surface area contributed by atoms with Crippen LogP contribution in [0.1, 0.15) is 0 Å². The number of hydrogen-bond donors (Lipinski definition) is 0. The quantitative estimate of drug-likeness (QED) is 0.530. The highest BCUT2D eigenvalue weighted by Gasteiger charge is 2.10. The summed E-state index contributed by atoms with van der Waals surface area (Å²) in [6.07, 6.45) is 3.40. The van der Waals surface area contributed by atoms with Crippen LogP contribution < -0.4 is 9.47 Å². The topological polar surface area (TPSA) is 44.2 Å². The highest BCUT2D eigenvalue weighted by Crippen LogP contribution is 2.35. The van der Waals surface area contributed by atoms with Crippen molar-refractivity contribution in [2.45, 2.75) is 0 Å². The third-order valence-corrected chi connectivity index (χ3v) is 3.37. The predicted molar refractivity (Wildman–Crippen MR) is 75.2 cm³/mol. The Balaban J connectivity index is 2.45. The van der Waals surface area contributed by atoms with E-state index in [0.29, 0.717) is 16.7 Å². The number of ether oxygens (including phenoxy) is 2. The molecule has 1 aromatic carbocycles. The highest BCUT2D eigenvalue weighted by molar-refractivity contribution is 6.35. The van der Waals surface area contributed by atoms with Gasteiger partial charge in [0.2, 0.25) is 0 Å². The number of hydrogen-bond acceptors (Lipinski definition) is 4. The van der Waals surface area contributed by atoms with Gasteiger partial charge in [0.05, 0.1) is 19.7 Å². The molecular weight excluding hydrogens is 264 g/mol. The number of nitrogens with zero attached hydrogens (tertiary/aromatic N) is 2. The molecule has 5 heteroatoms. The molecule has 0 bridgehead atoms. The Kier molecular flexibility index (Phi) is 2.87. The van der Waals surface area contributed by atoms with E-state index in [1.807, 2.05) is 18.2 Å². The number of rotatable bonds is 2. The van der Waals surface area contributed by atoms with Gasteiger partial charge in [-0.25, -0.2) is 4.98 Å². The van der Waals surface area contributed by atoms with E-state index in [9.17, 15) is 0 Å². The van der Waals surface area contributed by atoms with Crippen LogP contribution in [0.15, 0.2) is 30.6 Å². The summed E-state index contributed by atoms with van der Waals surface area (Å²) in [6, 6.07) is 5.67. The second kappa shape index (κ2) is 4.55. The lowest BCUT2D eigenvalue weighted by atomic mass is 10.1. The molecule has 0 aliphatic carbocycles. The molecule has 0 radical (unpaired) electrons. The molecule has 4 nitrogen and oxygen atoms in total. The van der Waals surface area contributed by atoms with Crippen LogP contribution in [0.2, 0.25) is 5.15 Å². The van der Waals surface area contributed by atoms with Gasteiger partial charge in [-0.2, -0.15) is 0 Å². The summed E-state index contributed by atoms with van der Waals surface area (Å²) in [7, 11) is 3.21. The van der Waals surface area contributed by atoms with Gasteiger partial charge in [-0.1, -0.05) is 11.6 Å². The van der Waals surface area contributed by atoms with Crippen molar-refractivity contribution in [3.8, 4) is 11.5 Å². The van der Waals surface area contributed by atoms with E-state index in [0.717, 1.165) is 21.7 Å². The average Bonchev–Trinajstić information content (AvgIpc) is 2.45. The van der Waals surface area contributed by atoms with Crippen LogP contribution in [0.25, 0.3) is 21.7 Å². The van der Waals surface area contributed by atoms with Crippen molar-refractivity contribution in [1.29, 1.82) is 0 Å². The molecule has 3 aromatic rings. The molecule has 0 saturated carbocycles. The molecule has 0 atom stereocenters. The number of pyridine rings is 2. The molecule has 0 saturated heterocycles. The maximum atomic E-state index is 6.08. The molecule has 0 amide bonds. The fourth-order valence-electron chi connectivity index (χ4n) is 2.13. The van der Waals surface area contributed by atoms with E-state index in [-0.39, 0.29) is 0 Å². The first-order valence-corrected chi connectivity index (χ1v) is 6.07. The van der Waals surface area contributed by atoms with Crippen molar-refractivity contribution >= 4 is 33.3 Å². The zero-order valence-corrected chi connectivity index (χ0v) is 11.2. The fraction of sp³-hybridized carbons (Fsp3) is 0.143. The molecule has 0 aliphatic heterocycles. The highest BCUT2D eigenvalue weighted by atomic mass is 35.5. The van der Waals surface area contributed by atoms with Crippen LogP contribution in [0, 0.1) is 0 Å². The maximum absolute atomic E-state index is 6.08. The van der Waals surface area contributed by atoms with Crippen molar-refractivity contribution < 1.29 is 9.47 Å². The summed E-state index contributed by atoms with van der Waals surface area (Å²) in [5.41, 5.74) is 0.826.